The zero-order valence-electron chi connectivity index (χ0n) is 23.6. The van der Waals surface area contributed by atoms with Crippen LogP contribution in [0.15, 0.2) is 48.5 Å². The molecule has 3 amide bonds. The number of benzene rings is 2. The van der Waals surface area contributed by atoms with E-state index in [1.807, 2.05) is 5.32 Å². The van der Waals surface area contributed by atoms with E-state index in [1.165, 1.54) is 17.9 Å². The number of alkyl halides is 3. The van der Waals surface area contributed by atoms with Crippen molar-refractivity contribution in [3.8, 4) is 5.75 Å². The average molecular weight is 629 g/mol. The van der Waals surface area contributed by atoms with Crippen molar-refractivity contribution in [3.05, 3.63) is 59.1 Å². The summed E-state index contributed by atoms with van der Waals surface area (Å²) in [5.74, 6) is -1.69. The van der Waals surface area contributed by atoms with Crippen LogP contribution in [0.5, 0.6) is 5.75 Å². The molecule has 2 aromatic rings. The minimum absolute atomic E-state index is 0.00212. The van der Waals surface area contributed by atoms with E-state index in [-0.39, 0.29) is 18.9 Å². The van der Waals surface area contributed by atoms with Crippen molar-refractivity contribution in [2.24, 2.45) is 5.92 Å². The molecule has 3 rings (SSSR count). The fourth-order valence-electron chi connectivity index (χ4n) is 4.81. The van der Waals surface area contributed by atoms with Crippen molar-refractivity contribution in [1.82, 2.24) is 15.1 Å². The van der Waals surface area contributed by atoms with Gasteiger partial charge in [0.05, 0.1) is 6.54 Å². The van der Waals surface area contributed by atoms with Gasteiger partial charge in [0.25, 0.3) is 0 Å². The standard InChI is InChI=1S/C29H36ClF3N4O6/c1-19(39)36-13-10-21(11-14-36)28(42)37(12-9-20-5-7-24(8-6-20)43-18-38)17-25(40)27(29(31,32)33)35-26(41)16-34-23-4-2-3-22(30)15-23/h2-8,15,21,25,27,34,38,40H,9-14,16-18H2,1H3,(H,35,41). The summed E-state index contributed by atoms with van der Waals surface area (Å²) < 4.78 is 47.1. The molecule has 1 aliphatic rings. The van der Waals surface area contributed by atoms with Crippen molar-refractivity contribution in [1.29, 1.82) is 0 Å². The molecule has 2 aromatic carbocycles. The van der Waals surface area contributed by atoms with E-state index in [2.05, 4.69) is 5.32 Å². The number of carbonyl (C=O) groups is 3. The molecule has 236 valence electrons. The monoisotopic (exact) mass is 628 g/mol. The van der Waals surface area contributed by atoms with Crippen LogP contribution >= 0.6 is 11.6 Å². The van der Waals surface area contributed by atoms with E-state index >= 15 is 0 Å². The minimum Gasteiger partial charge on any atom is -0.468 e. The van der Waals surface area contributed by atoms with Gasteiger partial charge in [-0.3, -0.25) is 14.4 Å². The minimum atomic E-state index is -5.00. The van der Waals surface area contributed by atoms with Gasteiger partial charge < -0.3 is 35.4 Å². The lowest BCUT2D eigenvalue weighted by molar-refractivity contribution is -0.183. The number of likely N-dealkylation sites (tertiary alicyclic amines) is 1. The zero-order chi connectivity index (χ0) is 31.6. The summed E-state index contributed by atoms with van der Waals surface area (Å²) in [4.78, 5) is 40.5. The van der Waals surface area contributed by atoms with Gasteiger partial charge in [-0.25, -0.2) is 0 Å². The summed E-state index contributed by atoms with van der Waals surface area (Å²) in [5, 5.41) is 24.6. The number of amides is 3. The number of anilines is 1. The van der Waals surface area contributed by atoms with Gasteiger partial charge in [-0.2, -0.15) is 13.2 Å². The number of halogens is 4. The van der Waals surface area contributed by atoms with Gasteiger partial charge in [0.2, 0.25) is 17.7 Å². The van der Waals surface area contributed by atoms with Crippen LogP contribution in [0.2, 0.25) is 5.02 Å². The predicted octanol–water partition coefficient (Wildman–Crippen LogP) is 2.82. The Kier molecular flexibility index (Phi) is 12.5. The highest BCUT2D eigenvalue weighted by Crippen LogP contribution is 2.25. The van der Waals surface area contributed by atoms with Gasteiger partial charge in [-0.1, -0.05) is 29.8 Å². The SMILES string of the molecule is CC(=O)N1CCC(C(=O)N(CCc2ccc(OCO)cc2)CC(O)C(NC(=O)CNc2cccc(Cl)c2)C(F)(F)F)CC1. The maximum absolute atomic E-state index is 14.0. The second-order valence-electron chi connectivity index (χ2n) is 10.3. The first-order valence-corrected chi connectivity index (χ1v) is 14.2. The fraction of sp³-hybridized carbons (Fsp3) is 0.483. The summed E-state index contributed by atoms with van der Waals surface area (Å²) in [5.41, 5.74) is 1.17. The van der Waals surface area contributed by atoms with Crippen LogP contribution in [0.1, 0.15) is 25.3 Å². The van der Waals surface area contributed by atoms with Crippen molar-refractivity contribution in [2.75, 3.05) is 44.8 Å². The molecule has 0 spiro atoms. The Morgan fingerprint density at radius 3 is 2.40 bits per heavy atom. The van der Waals surface area contributed by atoms with E-state index in [4.69, 9.17) is 21.4 Å². The third-order valence-corrected chi connectivity index (χ3v) is 7.40. The molecule has 0 radical (unpaired) electrons. The molecule has 10 nitrogen and oxygen atoms in total. The third kappa shape index (κ3) is 10.6. The molecule has 1 heterocycles. The number of aliphatic hydroxyl groups is 2. The van der Waals surface area contributed by atoms with E-state index in [0.717, 1.165) is 5.56 Å². The Balaban J connectivity index is 1.71. The molecule has 2 unspecified atom stereocenters. The Hall–Kier alpha value is -3.55. The normalized spacial score (nSPS) is 15.4. The van der Waals surface area contributed by atoms with E-state index in [0.29, 0.717) is 42.4 Å². The Morgan fingerprint density at radius 1 is 1.14 bits per heavy atom. The van der Waals surface area contributed by atoms with Gasteiger partial charge in [-0.05, 0) is 55.2 Å². The number of rotatable bonds is 13. The number of hydrogen-bond acceptors (Lipinski definition) is 7. The van der Waals surface area contributed by atoms with E-state index < -0.39 is 55.9 Å². The first kappa shape index (κ1) is 33.9. The fourth-order valence-corrected chi connectivity index (χ4v) is 5.00. The molecule has 2 atom stereocenters. The number of ether oxygens (including phenoxy) is 1. The highest BCUT2D eigenvalue weighted by molar-refractivity contribution is 6.30. The van der Waals surface area contributed by atoms with Gasteiger partial charge >= 0.3 is 6.18 Å². The Bertz CT molecular complexity index is 1230. The maximum atomic E-state index is 14.0. The number of nitrogens with zero attached hydrogens (tertiary/aromatic N) is 2. The van der Waals surface area contributed by atoms with Crippen LogP contribution < -0.4 is 15.4 Å². The Morgan fingerprint density at radius 2 is 1.81 bits per heavy atom. The molecular weight excluding hydrogens is 593 g/mol. The molecule has 0 bridgehead atoms. The number of carbonyl (C=O) groups excluding carboxylic acids is 3. The van der Waals surface area contributed by atoms with Crippen LogP contribution in [-0.4, -0.2) is 95.6 Å². The largest absolute Gasteiger partial charge is 0.468 e. The highest BCUT2D eigenvalue weighted by Gasteiger charge is 2.46. The molecule has 0 aromatic heterocycles. The summed E-state index contributed by atoms with van der Waals surface area (Å²) in [7, 11) is 0. The van der Waals surface area contributed by atoms with Crippen molar-refractivity contribution >= 4 is 35.0 Å². The van der Waals surface area contributed by atoms with Crippen LogP contribution in [-0.2, 0) is 20.8 Å². The second kappa shape index (κ2) is 15.8. The Labute approximate surface area is 252 Å². The summed E-state index contributed by atoms with van der Waals surface area (Å²) >= 11 is 5.89. The molecule has 1 saturated heterocycles. The number of nitrogens with one attached hydrogen (secondary N) is 2. The summed E-state index contributed by atoms with van der Waals surface area (Å²) in [6.07, 6.45) is -6.22. The first-order chi connectivity index (χ1) is 20.4. The lowest BCUT2D eigenvalue weighted by Gasteiger charge is -2.36. The van der Waals surface area contributed by atoms with E-state index in [9.17, 15) is 32.7 Å². The van der Waals surface area contributed by atoms with Crippen LogP contribution in [0, 0.1) is 5.92 Å². The molecule has 43 heavy (non-hydrogen) atoms. The molecule has 1 aliphatic heterocycles. The predicted molar refractivity (Wildman–Crippen MR) is 153 cm³/mol. The van der Waals surface area contributed by atoms with Crippen LogP contribution in [0.25, 0.3) is 0 Å². The number of piperidine rings is 1. The summed E-state index contributed by atoms with van der Waals surface area (Å²) in [6, 6.07) is 10.3. The average Bonchev–Trinajstić information content (AvgIpc) is 2.97. The van der Waals surface area contributed by atoms with Crippen molar-refractivity contribution in [2.45, 2.75) is 44.5 Å². The van der Waals surface area contributed by atoms with Crippen LogP contribution in [0.4, 0.5) is 18.9 Å². The van der Waals surface area contributed by atoms with Gasteiger partial charge in [0.1, 0.15) is 11.9 Å². The highest BCUT2D eigenvalue weighted by atomic mass is 35.5. The molecular formula is C29H36ClF3N4O6. The molecule has 1 fully saturated rings. The lowest BCUT2D eigenvalue weighted by Crippen LogP contribution is -2.58. The topological polar surface area (TPSA) is 131 Å². The second-order valence-corrected chi connectivity index (χ2v) is 10.7. The first-order valence-electron chi connectivity index (χ1n) is 13.8. The molecule has 0 aliphatic carbocycles. The smallest absolute Gasteiger partial charge is 0.411 e. The molecule has 14 heteroatoms. The molecule has 4 N–H and O–H groups in total. The lowest BCUT2D eigenvalue weighted by atomic mass is 9.94. The van der Waals surface area contributed by atoms with Gasteiger partial charge in [-0.15, -0.1) is 0 Å². The number of hydrogen-bond donors (Lipinski definition) is 4. The van der Waals surface area contributed by atoms with Gasteiger partial charge in [0.15, 0.2) is 12.8 Å². The molecule has 0 saturated carbocycles. The van der Waals surface area contributed by atoms with Gasteiger partial charge in [0, 0.05) is 49.7 Å². The summed E-state index contributed by atoms with van der Waals surface area (Å²) in [6.45, 7) is 0.423. The quantitative estimate of drug-likeness (QED) is 0.251. The third-order valence-electron chi connectivity index (χ3n) is 7.17. The van der Waals surface area contributed by atoms with E-state index in [1.54, 1.807) is 47.4 Å². The van der Waals surface area contributed by atoms with Crippen LogP contribution in [0.3, 0.4) is 0 Å². The zero-order valence-corrected chi connectivity index (χ0v) is 24.4. The maximum Gasteiger partial charge on any atom is 0.411 e. The van der Waals surface area contributed by atoms with Crippen molar-refractivity contribution in [3.63, 3.8) is 0 Å². The number of aliphatic hydroxyl groups excluding tert-OH is 2. The van der Waals surface area contributed by atoms with Crippen molar-refractivity contribution < 1.29 is 42.5 Å².